The molecule has 2 atom stereocenters. The van der Waals surface area contributed by atoms with Gasteiger partial charge in [0.05, 0.1) is 5.92 Å². The van der Waals surface area contributed by atoms with Crippen molar-refractivity contribution < 1.29 is 45.7 Å². The number of aliphatic carboxylic acids is 1. The van der Waals surface area contributed by atoms with Crippen LogP contribution in [0, 0.1) is 11.8 Å². The van der Waals surface area contributed by atoms with E-state index in [1.54, 1.807) is 0 Å². The smallest absolute Gasteiger partial charge is 0.481 e. The Balaban J connectivity index is 2.75. The second-order valence-corrected chi connectivity index (χ2v) is 6.38. The number of rotatable bonds is 10. The molecule has 3 N–H and O–H groups in total. The largest absolute Gasteiger partial charge is 0.573 e. The third-order valence-corrected chi connectivity index (χ3v) is 3.94. The number of carboxylic acids is 1. The normalized spacial score (nSPS) is 14.4. The third kappa shape index (κ3) is 9.16. The van der Waals surface area contributed by atoms with Gasteiger partial charge in [-0.2, -0.15) is 0 Å². The van der Waals surface area contributed by atoms with Crippen molar-refractivity contribution in [2.75, 3.05) is 6.54 Å². The quantitative estimate of drug-likeness (QED) is 0.548. The van der Waals surface area contributed by atoms with Crippen LogP contribution in [0.25, 0.3) is 0 Å². The molecule has 0 saturated heterocycles. The molecule has 28 heavy (non-hydrogen) atoms. The summed E-state index contributed by atoms with van der Waals surface area (Å²) >= 11 is 0. The van der Waals surface area contributed by atoms with Gasteiger partial charge in [0.2, 0.25) is 0 Å². The van der Waals surface area contributed by atoms with Gasteiger partial charge < -0.3 is 20.3 Å². The van der Waals surface area contributed by atoms with Crippen LogP contribution in [-0.2, 0) is 11.2 Å². The first-order valence-corrected chi connectivity index (χ1v) is 8.38. The van der Waals surface area contributed by atoms with E-state index in [1.165, 1.54) is 6.07 Å². The number of hydrogen-bond donors (Lipinski definition) is 2. The molecule has 0 saturated carbocycles. The number of aryl methyl sites for hydroxylation is 1. The fraction of sp³-hybridized carbons (Fsp3) is 0.588. The van der Waals surface area contributed by atoms with E-state index in [9.17, 15) is 31.1 Å². The number of ether oxygens (including phenoxy) is 2. The van der Waals surface area contributed by atoms with Crippen molar-refractivity contribution in [2.24, 2.45) is 17.6 Å². The zero-order valence-electron chi connectivity index (χ0n) is 14.9. The van der Waals surface area contributed by atoms with Crippen LogP contribution in [0.15, 0.2) is 18.2 Å². The second kappa shape index (κ2) is 9.85. The Morgan fingerprint density at radius 1 is 1.11 bits per heavy atom. The predicted molar refractivity (Wildman–Crippen MR) is 86.7 cm³/mol. The highest BCUT2D eigenvalue weighted by Gasteiger charge is 2.36. The summed E-state index contributed by atoms with van der Waals surface area (Å²) in [5.74, 6) is -3.84. The molecule has 160 valence electrons. The van der Waals surface area contributed by atoms with Gasteiger partial charge in [0.1, 0.15) is 0 Å². The van der Waals surface area contributed by atoms with Crippen molar-refractivity contribution in [3.05, 3.63) is 23.8 Å². The number of carbonyl (C=O) groups is 1. The second-order valence-electron chi connectivity index (χ2n) is 6.38. The minimum atomic E-state index is -5.18. The molecule has 1 aromatic rings. The van der Waals surface area contributed by atoms with E-state index in [0.717, 1.165) is 12.1 Å². The molecule has 1 aromatic carbocycles. The number of benzene rings is 1. The number of halogens is 6. The lowest BCUT2D eigenvalue weighted by Crippen LogP contribution is -2.25. The fourth-order valence-corrected chi connectivity index (χ4v) is 2.68. The van der Waals surface area contributed by atoms with E-state index in [1.807, 2.05) is 6.92 Å². The number of hydrogen-bond acceptors (Lipinski definition) is 4. The summed E-state index contributed by atoms with van der Waals surface area (Å²) in [6.45, 7) is 1.82. The molecule has 0 aromatic heterocycles. The van der Waals surface area contributed by atoms with Crippen molar-refractivity contribution in [2.45, 2.75) is 45.3 Å². The summed E-state index contributed by atoms with van der Waals surface area (Å²) in [7, 11) is 0. The van der Waals surface area contributed by atoms with E-state index in [0.29, 0.717) is 24.8 Å². The molecule has 0 aliphatic carbocycles. The van der Waals surface area contributed by atoms with E-state index in [4.69, 9.17) is 10.8 Å². The highest BCUT2D eigenvalue weighted by Crippen LogP contribution is 2.36. The molecule has 0 aliphatic heterocycles. The standard InChI is InChI=1S/C17H21F6NO4/c1-10(7-12(9-24)15(25)26)3-2-4-11-5-6-13(27-16(18,19)20)14(8-11)28-17(21,22)23/h5-6,8,10,12H,2-4,7,9,24H2,1H3,(H,25,26). The maximum absolute atomic E-state index is 12.4. The molecule has 0 fully saturated rings. The molecule has 0 aliphatic rings. The lowest BCUT2D eigenvalue weighted by molar-refractivity contribution is -0.287. The SMILES string of the molecule is CC(CCCc1ccc(OC(F)(F)F)c(OC(F)(F)F)c1)CC(CN)C(=O)O. The molecule has 0 radical (unpaired) electrons. The average molecular weight is 417 g/mol. The highest BCUT2D eigenvalue weighted by atomic mass is 19.4. The van der Waals surface area contributed by atoms with Crippen LogP contribution in [0.1, 0.15) is 31.7 Å². The molecule has 0 bridgehead atoms. The van der Waals surface area contributed by atoms with Gasteiger partial charge in [-0.25, -0.2) is 0 Å². The van der Waals surface area contributed by atoms with Crippen molar-refractivity contribution >= 4 is 5.97 Å². The summed E-state index contributed by atoms with van der Waals surface area (Å²) in [6.07, 6.45) is -8.66. The first-order chi connectivity index (χ1) is 12.8. The summed E-state index contributed by atoms with van der Waals surface area (Å²) in [4.78, 5) is 11.0. The van der Waals surface area contributed by atoms with E-state index < -0.39 is 36.1 Å². The summed E-state index contributed by atoms with van der Waals surface area (Å²) in [5, 5.41) is 8.98. The van der Waals surface area contributed by atoms with Gasteiger partial charge >= 0.3 is 18.7 Å². The zero-order valence-corrected chi connectivity index (χ0v) is 14.9. The Kier molecular flexibility index (Phi) is 8.40. The Bertz CT molecular complexity index is 648. The zero-order chi connectivity index (χ0) is 21.5. The lowest BCUT2D eigenvalue weighted by atomic mass is 9.91. The van der Waals surface area contributed by atoms with Gasteiger partial charge in [0.25, 0.3) is 0 Å². The van der Waals surface area contributed by atoms with E-state index in [2.05, 4.69) is 9.47 Å². The Labute approximate surface area is 157 Å². The molecule has 5 nitrogen and oxygen atoms in total. The average Bonchev–Trinajstić information content (AvgIpc) is 2.52. The van der Waals surface area contributed by atoms with Crippen LogP contribution in [0.4, 0.5) is 26.3 Å². The summed E-state index contributed by atoms with van der Waals surface area (Å²) < 4.78 is 81.5. The van der Waals surface area contributed by atoms with E-state index in [-0.39, 0.29) is 18.9 Å². The van der Waals surface area contributed by atoms with Gasteiger partial charge in [-0.05, 0) is 42.9 Å². The Hall–Kier alpha value is -2.17. The third-order valence-electron chi connectivity index (χ3n) is 3.94. The molecule has 1 rings (SSSR count). The van der Waals surface area contributed by atoms with Crippen LogP contribution in [0.2, 0.25) is 0 Å². The van der Waals surface area contributed by atoms with Crippen molar-refractivity contribution in [3.63, 3.8) is 0 Å². The van der Waals surface area contributed by atoms with E-state index >= 15 is 0 Å². The molecule has 11 heteroatoms. The van der Waals surface area contributed by atoms with Crippen LogP contribution < -0.4 is 15.2 Å². The van der Waals surface area contributed by atoms with Crippen LogP contribution in [0.5, 0.6) is 11.5 Å². The molecule has 0 heterocycles. The fourth-order valence-electron chi connectivity index (χ4n) is 2.68. The summed E-state index contributed by atoms with van der Waals surface area (Å²) in [6, 6.07) is 2.83. The minimum Gasteiger partial charge on any atom is -0.481 e. The van der Waals surface area contributed by atoms with Gasteiger partial charge in [0, 0.05) is 6.54 Å². The van der Waals surface area contributed by atoms with Gasteiger partial charge in [-0.15, -0.1) is 26.3 Å². The van der Waals surface area contributed by atoms with Crippen LogP contribution >= 0.6 is 0 Å². The monoisotopic (exact) mass is 417 g/mol. The predicted octanol–water partition coefficient (Wildman–Crippen LogP) is 4.49. The van der Waals surface area contributed by atoms with Crippen molar-refractivity contribution in [3.8, 4) is 11.5 Å². The number of alkyl halides is 6. The Morgan fingerprint density at radius 2 is 1.68 bits per heavy atom. The lowest BCUT2D eigenvalue weighted by Gasteiger charge is -2.17. The highest BCUT2D eigenvalue weighted by molar-refractivity contribution is 5.70. The number of nitrogens with two attached hydrogens (primary N) is 1. The number of carboxylic acid groups (broad SMARTS) is 1. The maximum Gasteiger partial charge on any atom is 0.573 e. The van der Waals surface area contributed by atoms with Crippen molar-refractivity contribution in [1.29, 1.82) is 0 Å². The minimum absolute atomic E-state index is 0.00151. The maximum atomic E-state index is 12.4. The topological polar surface area (TPSA) is 81.8 Å². The van der Waals surface area contributed by atoms with Gasteiger partial charge in [0.15, 0.2) is 11.5 Å². The van der Waals surface area contributed by atoms with Crippen LogP contribution in [-0.4, -0.2) is 30.3 Å². The Morgan fingerprint density at radius 3 is 2.18 bits per heavy atom. The molecular formula is C17H21F6NO4. The first-order valence-electron chi connectivity index (χ1n) is 8.38. The molecule has 0 amide bonds. The molecule has 2 unspecified atom stereocenters. The van der Waals surface area contributed by atoms with Gasteiger partial charge in [-0.1, -0.05) is 19.4 Å². The van der Waals surface area contributed by atoms with Crippen LogP contribution in [0.3, 0.4) is 0 Å². The summed E-state index contributed by atoms with van der Waals surface area (Å²) in [5.41, 5.74) is 5.72. The van der Waals surface area contributed by atoms with Gasteiger partial charge in [-0.3, -0.25) is 4.79 Å². The molecule has 0 spiro atoms. The molecular weight excluding hydrogens is 396 g/mol. The van der Waals surface area contributed by atoms with Crippen molar-refractivity contribution in [1.82, 2.24) is 0 Å². The first kappa shape index (κ1) is 23.9.